The van der Waals surface area contributed by atoms with Gasteiger partial charge in [0.2, 0.25) is 5.91 Å². The third-order valence-electron chi connectivity index (χ3n) is 6.40. The van der Waals surface area contributed by atoms with Crippen LogP contribution in [0, 0.1) is 0 Å². The van der Waals surface area contributed by atoms with Crippen LogP contribution in [0.25, 0.3) is 0 Å². The Hall–Kier alpha value is -3.26. The summed E-state index contributed by atoms with van der Waals surface area (Å²) >= 11 is 0. The minimum Gasteiger partial charge on any atom is -0.497 e. The van der Waals surface area contributed by atoms with Crippen LogP contribution in [0.2, 0.25) is 0 Å². The second kappa shape index (κ2) is 10.8. The Balaban J connectivity index is 1.23. The molecule has 0 saturated carbocycles. The number of carbonyl (C=O) groups is 2. The fraction of sp³-hybridized carbons (Fsp3) is 0.462. The number of likely N-dealkylation sites (tertiary alicyclic amines) is 1. The second-order valence-electron chi connectivity index (χ2n) is 8.69. The molecule has 8 heteroatoms. The van der Waals surface area contributed by atoms with E-state index in [2.05, 4.69) is 4.90 Å². The van der Waals surface area contributed by atoms with E-state index in [-0.39, 0.29) is 24.2 Å². The predicted molar refractivity (Wildman–Crippen MR) is 131 cm³/mol. The minimum absolute atomic E-state index is 0.0311. The standard InChI is InChI=1S/C26H33N3O5/c1-4-28(19(2)30)20-7-11-23(12-8-20)33-24-13-15-27(16-14-24)17-25-18-29(26(31)34-25)21-5-9-22(32-3)10-6-21/h5-12,24-25H,4,13-18H2,1-3H3. The molecule has 2 saturated heterocycles. The van der Waals surface area contributed by atoms with Crippen molar-refractivity contribution in [1.82, 2.24) is 4.90 Å². The summed E-state index contributed by atoms with van der Waals surface area (Å²) in [6.45, 7) is 7.23. The average molecular weight is 468 g/mol. The molecule has 0 aromatic heterocycles. The van der Waals surface area contributed by atoms with Crippen LogP contribution in [-0.2, 0) is 9.53 Å². The van der Waals surface area contributed by atoms with Crippen molar-refractivity contribution in [3.8, 4) is 11.5 Å². The maximum atomic E-state index is 12.4. The Kier molecular flexibility index (Phi) is 7.57. The van der Waals surface area contributed by atoms with E-state index in [1.165, 1.54) is 0 Å². The van der Waals surface area contributed by atoms with Gasteiger partial charge in [-0.05, 0) is 68.3 Å². The van der Waals surface area contributed by atoms with Crippen LogP contribution < -0.4 is 19.3 Å². The number of carbonyl (C=O) groups excluding carboxylic acids is 2. The minimum atomic E-state index is -0.303. The summed E-state index contributed by atoms with van der Waals surface area (Å²) < 4.78 is 17.0. The molecule has 182 valence electrons. The molecule has 0 N–H and O–H groups in total. The Morgan fingerprint density at radius 1 is 1.06 bits per heavy atom. The average Bonchev–Trinajstić information content (AvgIpc) is 3.21. The predicted octanol–water partition coefficient (Wildman–Crippen LogP) is 3.94. The van der Waals surface area contributed by atoms with Gasteiger partial charge in [0.25, 0.3) is 0 Å². The maximum absolute atomic E-state index is 12.4. The van der Waals surface area contributed by atoms with E-state index in [4.69, 9.17) is 14.2 Å². The number of rotatable bonds is 8. The smallest absolute Gasteiger partial charge is 0.414 e. The van der Waals surface area contributed by atoms with Gasteiger partial charge in [0.15, 0.2) is 0 Å². The van der Waals surface area contributed by atoms with Crippen LogP contribution in [0.15, 0.2) is 48.5 Å². The van der Waals surface area contributed by atoms with E-state index in [1.807, 2.05) is 55.5 Å². The van der Waals surface area contributed by atoms with Crippen molar-refractivity contribution >= 4 is 23.4 Å². The molecule has 1 atom stereocenters. The quantitative estimate of drug-likeness (QED) is 0.586. The lowest BCUT2D eigenvalue weighted by Gasteiger charge is -2.33. The van der Waals surface area contributed by atoms with Crippen LogP contribution in [0.4, 0.5) is 16.2 Å². The van der Waals surface area contributed by atoms with Crippen molar-refractivity contribution in [2.24, 2.45) is 0 Å². The number of benzene rings is 2. The number of nitrogens with zero attached hydrogens (tertiary/aromatic N) is 3. The number of piperidine rings is 1. The molecule has 0 aliphatic carbocycles. The zero-order valence-corrected chi connectivity index (χ0v) is 20.1. The lowest BCUT2D eigenvalue weighted by atomic mass is 10.1. The molecule has 2 aliphatic heterocycles. The van der Waals surface area contributed by atoms with Gasteiger partial charge in [-0.15, -0.1) is 0 Å². The van der Waals surface area contributed by atoms with Gasteiger partial charge in [0, 0.05) is 44.5 Å². The van der Waals surface area contributed by atoms with E-state index in [0.717, 1.165) is 55.3 Å². The molecule has 2 aromatic carbocycles. The summed E-state index contributed by atoms with van der Waals surface area (Å²) in [6.07, 6.45) is 1.53. The fourth-order valence-electron chi connectivity index (χ4n) is 4.57. The van der Waals surface area contributed by atoms with Crippen LogP contribution in [0.5, 0.6) is 11.5 Å². The van der Waals surface area contributed by atoms with Gasteiger partial charge in [-0.3, -0.25) is 14.6 Å². The van der Waals surface area contributed by atoms with Crippen molar-refractivity contribution in [2.75, 3.05) is 49.6 Å². The third kappa shape index (κ3) is 5.62. The third-order valence-corrected chi connectivity index (χ3v) is 6.40. The molecule has 2 aromatic rings. The summed E-state index contributed by atoms with van der Waals surface area (Å²) in [5, 5.41) is 0. The van der Waals surface area contributed by atoms with Crippen LogP contribution in [0.1, 0.15) is 26.7 Å². The molecular weight excluding hydrogens is 434 g/mol. The molecule has 2 amide bonds. The normalized spacial score (nSPS) is 19.1. The summed E-state index contributed by atoms with van der Waals surface area (Å²) in [5.74, 6) is 1.61. The van der Waals surface area contributed by atoms with Gasteiger partial charge >= 0.3 is 6.09 Å². The van der Waals surface area contributed by atoms with Gasteiger partial charge < -0.3 is 19.1 Å². The van der Waals surface area contributed by atoms with Gasteiger partial charge in [-0.2, -0.15) is 0 Å². The summed E-state index contributed by atoms with van der Waals surface area (Å²) in [4.78, 5) is 29.8. The zero-order valence-electron chi connectivity index (χ0n) is 20.1. The Bertz CT molecular complexity index is 971. The molecule has 34 heavy (non-hydrogen) atoms. The largest absolute Gasteiger partial charge is 0.497 e. The first-order valence-electron chi connectivity index (χ1n) is 11.9. The van der Waals surface area contributed by atoms with E-state index in [9.17, 15) is 9.59 Å². The highest BCUT2D eigenvalue weighted by atomic mass is 16.6. The first-order chi connectivity index (χ1) is 16.5. The monoisotopic (exact) mass is 467 g/mol. The Morgan fingerprint density at radius 2 is 1.71 bits per heavy atom. The highest BCUT2D eigenvalue weighted by molar-refractivity contribution is 5.91. The lowest BCUT2D eigenvalue weighted by Crippen LogP contribution is -2.42. The first kappa shape index (κ1) is 23.9. The van der Waals surface area contributed by atoms with Gasteiger partial charge in [0.1, 0.15) is 23.7 Å². The van der Waals surface area contributed by atoms with E-state index >= 15 is 0 Å². The molecule has 1 unspecified atom stereocenters. The SMILES string of the molecule is CCN(C(C)=O)c1ccc(OC2CCN(CC3CN(c4ccc(OC)cc4)C(=O)O3)CC2)cc1. The number of methoxy groups -OCH3 is 1. The number of cyclic esters (lactones) is 1. The second-order valence-corrected chi connectivity index (χ2v) is 8.69. The van der Waals surface area contributed by atoms with Crippen molar-refractivity contribution < 1.29 is 23.8 Å². The molecule has 0 radical (unpaired) electrons. The molecule has 0 bridgehead atoms. The van der Waals surface area contributed by atoms with Crippen molar-refractivity contribution in [2.45, 2.75) is 38.9 Å². The summed E-state index contributed by atoms with van der Waals surface area (Å²) in [7, 11) is 1.62. The van der Waals surface area contributed by atoms with E-state index in [0.29, 0.717) is 13.1 Å². The van der Waals surface area contributed by atoms with Gasteiger partial charge in [-0.1, -0.05) is 0 Å². The molecule has 0 spiro atoms. The Morgan fingerprint density at radius 3 is 2.29 bits per heavy atom. The number of ether oxygens (including phenoxy) is 3. The van der Waals surface area contributed by atoms with Crippen LogP contribution in [0.3, 0.4) is 0 Å². The van der Waals surface area contributed by atoms with Gasteiger partial charge in [-0.25, -0.2) is 4.79 Å². The van der Waals surface area contributed by atoms with Crippen LogP contribution >= 0.6 is 0 Å². The zero-order chi connectivity index (χ0) is 24.1. The molecule has 8 nitrogen and oxygen atoms in total. The molecule has 2 fully saturated rings. The fourth-order valence-corrected chi connectivity index (χ4v) is 4.57. The number of hydrogen-bond donors (Lipinski definition) is 0. The highest BCUT2D eigenvalue weighted by Crippen LogP contribution is 2.26. The maximum Gasteiger partial charge on any atom is 0.414 e. The molecular formula is C26H33N3O5. The highest BCUT2D eigenvalue weighted by Gasteiger charge is 2.34. The number of hydrogen-bond acceptors (Lipinski definition) is 6. The summed E-state index contributed by atoms with van der Waals surface area (Å²) in [5.41, 5.74) is 1.70. The molecule has 4 rings (SSSR count). The van der Waals surface area contributed by atoms with Crippen molar-refractivity contribution in [3.05, 3.63) is 48.5 Å². The molecule has 2 aliphatic rings. The number of amides is 2. The van der Waals surface area contributed by atoms with Crippen molar-refractivity contribution in [1.29, 1.82) is 0 Å². The lowest BCUT2D eigenvalue weighted by molar-refractivity contribution is -0.116. The molecule has 2 heterocycles. The van der Waals surface area contributed by atoms with E-state index in [1.54, 1.807) is 23.8 Å². The Labute approximate surface area is 201 Å². The number of anilines is 2. The van der Waals surface area contributed by atoms with E-state index < -0.39 is 0 Å². The van der Waals surface area contributed by atoms with Gasteiger partial charge in [0.05, 0.1) is 13.7 Å². The van der Waals surface area contributed by atoms with Crippen molar-refractivity contribution in [3.63, 3.8) is 0 Å². The summed E-state index contributed by atoms with van der Waals surface area (Å²) in [6, 6.07) is 15.2. The topological polar surface area (TPSA) is 71.5 Å². The first-order valence-corrected chi connectivity index (χ1v) is 11.9. The van der Waals surface area contributed by atoms with Crippen LogP contribution in [-0.4, -0.2) is 68.9 Å².